The van der Waals surface area contributed by atoms with Gasteiger partial charge >= 0.3 is 11.9 Å². The molecule has 0 spiro atoms. The third-order valence-electron chi connectivity index (χ3n) is 2.95. The van der Waals surface area contributed by atoms with E-state index in [1.165, 1.54) is 18.2 Å². The first-order valence-corrected chi connectivity index (χ1v) is 6.57. The van der Waals surface area contributed by atoms with E-state index in [4.69, 9.17) is 15.9 Å². The van der Waals surface area contributed by atoms with Crippen LogP contribution >= 0.6 is 0 Å². The molecule has 0 aromatic heterocycles. The van der Waals surface area contributed by atoms with Crippen molar-refractivity contribution in [1.29, 1.82) is 0 Å². The molecule has 0 aliphatic rings. The molecule has 1 aromatic carbocycles. The lowest BCUT2D eigenvalue weighted by Gasteiger charge is -2.28. The molecule has 0 bridgehead atoms. The van der Waals surface area contributed by atoms with Crippen LogP contribution in [-0.2, 0) is 24.5 Å². The third kappa shape index (κ3) is 3.22. The Morgan fingerprint density at radius 2 is 1.71 bits per heavy atom. The number of ether oxygens (including phenoxy) is 2. The summed E-state index contributed by atoms with van der Waals surface area (Å²) in [6.45, 7) is 3.26. The predicted octanol–water partition coefficient (Wildman–Crippen LogP) is 2.21. The van der Waals surface area contributed by atoms with Crippen LogP contribution in [0.2, 0.25) is 0 Å². The number of halogens is 1. The molecule has 112 valence electrons. The zero-order valence-corrected chi connectivity index (χ0v) is 12.0. The Balaban J connectivity index is 3.52. The Kier molecular flexibility index (Phi) is 5.92. The fraction of sp³-hybridized carbons (Fsp3) is 0.375. The van der Waals surface area contributed by atoms with Crippen molar-refractivity contribution in [1.82, 2.24) is 0 Å². The van der Waals surface area contributed by atoms with Gasteiger partial charge in [-0.25, -0.2) is 4.39 Å². The fourth-order valence-electron chi connectivity index (χ4n) is 2.01. The van der Waals surface area contributed by atoms with Crippen LogP contribution in [0, 0.1) is 18.2 Å². The van der Waals surface area contributed by atoms with Crippen molar-refractivity contribution in [2.24, 2.45) is 0 Å². The van der Waals surface area contributed by atoms with E-state index in [2.05, 4.69) is 5.92 Å². The Morgan fingerprint density at radius 1 is 1.19 bits per heavy atom. The van der Waals surface area contributed by atoms with Crippen molar-refractivity contribution in [2.75, 3.05) is 13.2 Å². The average molecular weight is 292 g/mol. The van der Waals surface area contributed by atoms with Gasteiger partial charge in [0.15, 0.2) is 0 Å². The summed E-state index contributed by atoms with van der Waals surface area (Å²) in [5, 5.41) is 0. The van der Waals surface area contributed by atoms with Gasteiger partial charge in [-0.1, -0.05) is 18.2 Å². The van der Waals surface area contributed by atoms with E-state index >= 15 is 0 Å². The second-order valence-electron chi connectivity index (χ2n) is 4.21. The quantitative estimate of drug-likeness (QED) is 0.458. The van der Waals surface area contributed by atoms with Crippen molar-refractivity contribution in [3.63, 3.8) is 0 Å². The van der Waals surface area contributed by atoms with Crippen LogP contribution in [0.1, 0.15) is 25.8 Å². The number of carbonyl (C=O) groups excluding carboxylic acids is 2. The molecule has 0 saturated carbocycles. The highest BCUT2D eigenvalue weighted by molar-refractivity contribution is 6.06. The highest BCUT2D eigenvalue weighted by atomic mass is 19.1. The molecule has 0 atom stereocenters. The van der Waals surface area contributed by atoms with Crippen molar-refractivity contribution in [3.8, 4) is 12.3 Å². The van der Waals surface area contributed by atoms with Crippen LogP contribution in [0.3, 0.4) is 0 Å². The molecule has 21 heavy (non-hydrogen) atoms. The predicted molar refractivity (Wildman–Crippen MR) is 74.8 cm³/mol. The standard InChI is InChI=1S/C16H17FO4/c1-4-11-16(14(18)20-5-2,15(19)21-6-3)12-9-7-8-10-13(12)17/h1,7-10H,5-6,11H2,2-3H3. The van der Waals surface area contributed by atoms with E-state index in [0.29, 0.717) is 0 Å². The average Bonchev–Trinajstić information content (AvgIpc) is 2.46. The molecular formula is C16H17FO4. The highest BCUT2D eigenvalue weighted by Gasteiger charge is 2.51. The first-order chi connectivity index (χ1) is 10.0. The van der Waals surface area contributed by atoms with Gasteiger partial charge in [0.25, 0.3) is 0 Å². The maximum atomic E-state index is 14.1. The molecule has 5 heteroatoms. The smallest absolute Gasteiger partial charge is 0.329 e. The number of terminal acetylenes is 1. The summed E-state index contributed by atoms with van der Waals surface area (Å²) in [6, 6.07) is 5.46. The van der Waals surface area contributed by atoms with Gasteiger partial charge in [0.2, 0.25) is 5.41 Å². The molecule has 0 fully saturated rings. The van der Waals surface area contributed by atoms with Crippen molar-refractivity contribution in [3.05, 3.63) is 35.6 Å². The maximum Gasteiger partial charge on any atom is 0.329 e. The molecule has 0 unspecified atom stereocenters. The minimum atomic E-state index is -1.98. The second kappa shape index (κ2) is 7.44. The topological polar surface area (TPSA) is 52.6 Å². The lowest BCUT2D eigenvalue weighted by atomic mass is 9.77. The summed E-state index contributed by atoms with van der Waals surface area (Å²) in [5.41, 5.74) is -2.12. The Bertz CT molecular complexity index is 542. The summed E-state index contributed by atoms with van der Waals surface area (Å²) in [5.74, 6) is -0.291. The summed E-state index contributed by atoms with van der Waals surface area (Å²) in [4.78, 5) is 24.7. The molecule has 0 N–H and O–H groups in total. The lowest BCUT2D eigenvalue weighted by molar-refractivity contribution is -0.164. The molecule has 0 aliphatic carbocycles. The number of carbonyl (C=O) groups is 2. The summed E-state index contributed by atoms with van der Waals surface area (Å²) >= 11 is 0. The minimum absolute atomic E-state index is 0.0407. The van der Waals surface area contributed by atoms with Crippen LogP contribution < -0.4 is 0 Å². The Morgan fingerprint density at radius 3 is 2.14 bits per heavy atom. The van der Waals surface area contributed by atoms with Crippen LogP contribution in [0.15, 0.2) is 24.3 Å². The number of hydrogen-bond donors (Lipinski definition) is 0. The molecule has 4 nitrogen and oxygen atoms in total. The number of esters is 2. The van der Waals surface area contributed by atoms with Gasteiger partial charge in [-0.15, -0.1) is 12.3 Å². The third-order valence-corrected chi connectivity index (χ3v) is 2.95. The van der Waals surface area contributed by atoms with Gasteiger partial charge in [0.05, 0.1) is 13.2 Å². The lowest BCUT2D eigenvalue weighted by Crippen LogP contribution is -2.46. The van der Waals surface area contributed by atoms with Gasteiger partial charge in [0, 0.05) is 12.0 Å². The van der Waals surface area contributed by atoms with Gasteiger partial charge in [0.1, 0.15) is 5.82 Å². The molecule has 0 saturated heterocycles. The number of benzene rings is 1. The number of rotatable bonds is 6. The van der Waals surface area contributed by atoms with Gasteiger partial charge in [-0.3, -0.25) is 9.59 Å². The van der Waals surface area contributed by atoms with Crippen LogP contribution in [-0.4, -0.2) is 25.2 Å². The van der Waals surface area contributed by atoms with E-state index in [0.717, 1.165) is 6.07 Å². The monoisotopic (exact) mass is 292 g/mol. The zero-order chi connectivity index (χ0) is 15.9. The molecule has 1 rings (SSSR count). The maximum absolute atomic E-state index is 14.1. The molecule has 1 aromatic rings. The fourth-order valence-corrected chi connectivity index (χ4v) is 2.01. The van der Waals surface area contributed by atoms with Crippen molar-refractivity contribution in [2.45, 2.75) is 25.7 Å². The second-order valence-corrected chi connectivity index (χ2v) is 4.21. The molecular weight excluding hydrogens is 275 g/mol. The van der Waals surface area contributed by atoms with Crippen molar-refractivity contribution >= 4 is 11.9 Å². The first-order valence-electron chi connectivity index (χ1n) is 6.57. The highest BCUT2D eigenvalue weighted by Crippen LogP contribution is 2.33. The van der Waals surface area contributed by atoms with Gasteiger partial charge < -0.3 is 9.47 Å². The molecule has 0 radical (unpaired) electrons. The van der Waals surface area contributed by atoms with Crippen molar-refractivity contribution < 1.29 is 23.5 Å². The summed E-state index contributed by atoms with van der Waals surface area (Å²) < 4.78 is 24.0. The van der Waals surface area contributed by atoms with Gasteiger partial charge in [-0.2, -0.15) is 0 Å². The largest absolute Gasteiger partial charge is 0.465 e. The zero-order valence-electron chi connectivity index (χ0n) is 12.0. The summed E-state index contributed by atoms with van der Waals surface area (Å²) in [7, 11) is 0. The van der Waals surface area contributed by atoms with Gasteiger partial charge in [-0.05, 0) is 19.9 Å². The molecule has 0 aliphatic heterocycles. The first kappa shape index (κ1) is 16.7. The summed E-state index contributed by atoms with van der Waals surface area (Å²) in [6.07, 6.45) is 4.94. The van der Waals surface area contributed by atoms with E-state index in [-0.39, 0.29) is 25.2 Å². The number of hydrogen-bond acceptors (Lipinski definition) is 4. The van der Waals surface area contributed by atoms with E-state index < -0.39 is 23.2 Å². The van der Waals surface area contributed by atoms with Crippen LogP contribution in [0.5, 0.6) is 0 Å². The minimum Gasteiger partial charge on any atom is -0.465 e. The van der Waals surface area contributed by atoms with E-state index in [1.54, 1.807) is 13.8 Å². The van der Waals surface area contributed by atoms with Crippen LogP contribution in [0.25, 0.3) is 0 Å². The van der Waals surface area contributed by atoms with E-state index in [1.807, 2.05) is 0 Å². The Hall–Kier alpha value is -2.35. The normalized spacial score (nSPS) is 10.6. The molecule has 0 heterocycles. The van der Waals surface area contributed by atoms with E-state index in [9.17, 15) is 14.0 Å². The Labute approximate surface area is 123 Å². The SMILES string of the molecule is C#CCC(C(=O)OCC)(C(=O)OCC)c1ccccc1F. The molecule has 0 amide bonds. The van der Waals surface area contributed by atoms with Crippen LogP contribution in [0.4, 0.5) is 4.39 Å².